The quantitative estimate of drug-likeness (QED) is 0.631. The number of hydrogen-bond acceptors (Lipinski definition) is 3. The van der Waals surface area contributed by atoms with Gasteiger partial charge in [0.25, 0.3) is 0 Å². The SMILES string of the molecule is Cc1ccc2c(CNC[C@@H]3CCCO3)c(C(=O)O)n(Cc3ccc(F)cc3)c2c1. The molecule has 0 unspecified atom stereocenters. The van der Waals surface area contributed by atoms with Crippen LogP contribution in [0.5, 0.6) is 0 Å². The highest BCUT2D eigenvalue weighted by molar-refractivity contribution is 5.98. The third-order valence-electron chi connectivity index (χ3n) is 5.48. The molecule has 0 radical (unpaired) electrons. The fourth-order valence-electron chi connectivity index (χ4n) is 4.05. The van der Waals surface area contributed by atoms with Crippen LogP contribution in [0.4, 0.5) is 4.39 Å². The minimum Gasteiger partial charge on any atom is -0.477 e. The van der Waals surface area contributed by atoms with Crippen LogP contribution < -0.4 is 5.32 Å². The lowest BCUT2D eigenvalue weighted by Crippen LogP contribution is -2.26. The molecule has 152 valence electrons. The molecular formula is C23H25FN2O3. The maximum absolute atomic E-state index is 13.3. The number of rotatable bonds is 7. The maximum atomic E-state index is 13.3. The zero-order chi connectivity index (χ0) is 20.4. The lowest BCUT2D eigenvalue weighted by atomic mass is 10.1. The Labute approximate surface area is 169 Å². The van der Waals surface area contributed by atoms with E-state index in [1.807, 2.05) is 29.7 Å². The Bertz CT molecular complexity index is 1020. The number of fused-ring (bicyclic) bond motifs is 1. The van der Waals surface area contributed by atoms with Crippen molar-refractivity contribution in [3.63, 3.8) is 0 Å². The summed E-state index contributed by atoms with van der Waals surface area (Å²) < 4.78 is 20.8. The summed E-state index contributed by atoms with van der Waals surface area (Å²) in [6.07, 6.45) is 2.30. The zero-order valence-electron chi connectivity index (χ0n) is 16.5. The Morgan fingerprint density at radius 2 is 2.07 bits per heavy atom. The fraction of sp³-hybridized carbons (Fsp3) is 0.348. The number of aryl methyl sites for hydroxylation is 1. The van der Waals surface area contributed by atoms with E-state index >= 15 is 0 Å². The van der Waals surface area contributed by atoms with Crippen LogP contribution in [0.1, 0.15) is 40.0 Å². The minimum absolute atomic E-state index is 0.193. The molecule has 1 atom stereocenters. The van der Waals surface area contributed by atoms with E-state index < -0.39 is 5.97 Å². The number of hydrogen-bond donors (Lipinski definition) is 2. The molecular weight excluding hydrogens is 371 g/mol. The molecule has 1 saturated heterocycles. The smallest absolute Gasteiger partial charge is 0.352 e. The lowest BCUT2D eigenvalue weighted by molar-refractivity contribution is 0.0684. The summed E-state index contributed by atoms with van der Waals surface area (Å²) >= 11 is 0. The van der Waals surface area contributed by atoms with Gasteiger partial charge in [0.2, 0.25) is 0 Å². The summed E-state index contributed by atoms with van der Waals surface area (Å²) in [5, 5.41) is 14.3. The molecule has 5 nitrogen and oxygen atoms in total. The molecule has 3 aromatic rings. The Balaban J connectivity index is 1.72. The number of aromatic carboxylic acids is 1. The summed E-state index contributed by atoms with van der Waals surface area (Å²) in [4.78, 5) is 12.2. The van der Waals surface area contributed by atoms with Gasteiger partial charge in [0.05, 0.1) is 6.10 Å². The van der Waals surface area contributed by atoms with Gasteiger partial charge >= 0.3 is 5.97 Å². The number of benzene rings is 2. The van der Waals surface area contributed by atoms with Gasteiger partial charge in [0.15, 0.2) is 0 Å². The standard InChI is InChI=1S/C23H25FN2O3/c1-15-4-9-19-20(13-25-12-18-3-2-10-29-18)22(23(27)28)26(21(19)11-15)14-16-5-7-17(24)8-6-16/h4-9,11,18,25H,2-3,10,12-14H2,1H3,(H,27,28)/t18-/m0/s1. The van der Waals surface area contributed by atoms with Gasteiger partial charge in [0.1, 0.15) is 11.5 Å². The zero-order valence-corrected chi connectivity index (χ0v) is 16.5. The molecule has 0 bridgehead atoms. The molecule has 0 aliphatic carbocycles. The van der Waals surface area contributed by atoms with Crippen molar-refractivity contribution in [3.05, 3.63) is 70.7 Å². The number of halogens is 1. The van der Waals surface area contributed by atoms with Crippen molar-refractivity contribution in [1.82, 2.24) is 9.88 Å². The molecule has 2 N–H and O–H groups in total. The highest BCUT2D eigenvalue weighted by atomic mass is 19.1. The van der Waals surface area contributed by atoms with Crippen LogP contribution in [0, 0.1) is 12.7 Å². The first-order valence-electron chi connectivity index (χ1n) is 9.94. The average Bonchev–Trinajstić information content (AvgIpc) is 3.30. The molecule has 29 heavy (non-hydrogen) atoms. The Morgan fingerprint density at radius 3 is 2.76 bits per heavy atom. The van der Waals surface area contributed by atoms with E-state index in [-0.39, 0.29) is 17.6 Å². The van der Waals surface area contributed by atoms with E-state index in [1.54, 1.807) is 12.1 Å². The number of nitrogens with one attached hydrogen (secondary N) is 1. The predicted molar refractivity (Wildman–Crippen MR) is 110 cm³/mol. The maximum Gasteiger partial charge on any atom is 0.352 e. The third kappa shape index (κ3) is 4.18. The first-order valence-corrected chi connectivity index (χ1v) is 9.94. The second-order valence-corrected chi connectivity index (χ2v) is 7.63. The van der Waals surface area contributed by atoms with E-state index in [0.29, 0.717) is 19.6 Å². The number of nitrogens with zero attached hydrogens (tertiary/aromatic N) is 1. The van der Waals surface area contributed by atoms with Crippen molar-refractivity contribution in [1.29, 1.82) is 0 Å². The molecule has 4 rings (SSSR count). The average molecular weight is 396 g/mol. The van der Waals surface area contributed by atoms with Gasteiger partial charge in [0, 0.05) is 42.7 Å². The van der Waals surface area contributed by atoms with E-state index in [0.717, 1.165) is 47.0 Å². The van der Waals surface area contributed by atoms with Crippen LogP contribution in [0.15, 0.2) is 42.5 Å². The number of ether oxygens (including phenoxy) is 1. The molecule has 1 aliphatic heterocycles. The van der Waals surface area contributed by atoms with Gasteiger partial charge in [-0.3, -0.25) is 0 Å². The van der Waals surface area contributed by atoms with Crippen LogP contribution in [-0.4, -0.2) is 34.9 Å². The molecule has 0 amide bonds. The number of carboxylic acid groups (broad SMARTS) is 1. The van der Waals surface area contributed by atoms with Crippen molar-refractivity contribution >= 4 is 16.9 Å². The molecule has 1 aliphatic rings. The molecule has 0 spiro atoms. The number of aromatic nitrogens is 1. The first kappa shape index (κ1) is 19.6. The van der Waals surface area contributed by atoms with E-state index in [2.05, 4.69) is 5.32 Å². The molecule has 6 heteroatoms. The summed E-state index contributed by atoms with van der Waals surface area (Å²) in [5.74, 6) is -1.27. The van der Waals surface area contributed by atoms with Crippen LogP contribution >= 0.6 is 0 Å². The molecule has 0 saturated carbocycles. The van der Waals surface area contributed by atoms with Crippen LogP contribution in [-0.2, 0) is 17.8 Å². The van der Waals surface area contributed by atoms with Gasteiger partial charge in [-0.2, -0.15) is 0 Å². The Morgan fingerprint density at radius 1 is 1.28 bits per heavy atom. The Hall–Kier alpha value is -2.70. The van der Waals surface area contributed by atoms with E-state index in [1.165, 1.54) is 12.1 Å². The van der Waals surface area contributed by atoms with Gasteiger partial charge in [-0.15, -0.1) is 0 Å². The lowest BCUT2D eigenvalue weighted by Gasteiger charge is -2.12. The minimum atomic E-state index is -0.963. The largest absolute Gasteiger partial charge is 0.477 e. The molecule has 2 heterocycles. The van der Waals surface area contributed by atoms with Crippen molar-refractivity contribution in [2.24, 2.45) is 0 Å². The third-order valence-corrected chi connectivity index (χ3v) is 5.48. The Kier molecular flexibility index (Phi) is 5.65. The second-order valence-electron chi connectivity index (χ2n) is 7.63. The van der Waals surface area contributed by atoms with Gasteiger partial charge < -0.3 is 19.7 Å². The predicted octanol–water partition coefficient (Wildman–Crippen LogP) is 4.10. The molecule has 2 aromatic carbocycles. The van der Waals surface area contributed by atoms with Gasteiger partial charge in [-0.05, 0) is 49.1 Å². The van der Waals surface area contributed by atoms with Crippen molar-refractivity contribution in [2.75, 3.05) is 13.2 Å². The summed E-state index contributed by atoms with van der Waals surface area (Å²) in [7, 11) is 0. The summed E-state index contributed by atoms with van der Waals surface area (Å²) in [6, 6.07) is 12.2. The highest BCUT2D eigenvalue weighted by Crippen LogP contribution is 2.29. The van der Waals surface area contributed by atoms with Gasteiger partial charge in [-0.1, -0.05) is 24.3 Å². The van der Waals surface area contributed by atoms with Crippen LogP contribution in [0.3, 0.4) is 0 Å². The normalized spacial score (nSPS) is 16.6. The van der Waals surface area contributed by atoms with Gasteiger partial charge in [-0.25, -0.2) is 9.18 Å². The van der Waals surface area contributed by atoms with Crippen LogP contribution in [0.25, 0.3) is 10.9 Å². The summed E-state index contributed by atoms with van der Waals surface area (Å²) in [5.41, 5.74) is 3.83. The van der Waals surface area contributed by atoms with E-state index in [4.69, 9.17) is 4.74 Å². The second kappa shape index (κ2) is 8.35. The number of carboxylic acids is 1. The fourth-order valence-corrected chi connectivity index (χ4v) is 4.05. The number of carbonyl (C=O) groups is 1. The first-order chi connectivity index (χ1) is 14.0. The summed E-state index contributed by atoms with van der Waals surface area (Å²) in [6.45, 7) is 4.31. The molecule has 1 fully saturated rings. The molecule has 1 aromatic heterocycles. The monoisotopic (exact) mass is 396 g/mol. The van der Waals surface area contributed by atoms with Crippen molar-refractivity contribution in [2.45, 2.75) is 39.0 Å². The van der Waals surface area contributed by atoms with E-state index in [9.17, 15) is 14.3 Å². The van der Waals surface area contributed by atoms with Crippen molar-refractivity contribution in [3.8, 4) is 0 Å². The topological polar surface area (TPSA) is 63.5 Å². The van der Waals surface area contributed by atoms with Crippen LogP contribution in [0.2, 0.25) is 0 Å². The van der Waals surface area contributed by atoms with Crippen molar-refractivity contribution < 1.29 is 19.0 Å². The highest BCUT2D eigenvalue weighted by Gasteiger charge is 2.23.